The molecule has 0 N–H and O–H groups in total. The van der Waals surface area contributed by atoms with Crippen LogP contribution in [0.2, 0.25) is 0 Å². The number of aromatic nitrogens is 1. The fourth-order valence-corrected chi connectivity index (χ4v) is 3.32. The van der Waals surface area contributed by atoms with Crippen LogP contribution in [-0.2, 0) is 0 Å². The number of hydrogen-bond acceptors (Lipinski definition) is 2. The van der Waals surface area contributed by atoms with Crippen LogP contribution < -0.4 is 3.91 Å². The molecule has 1 heterocycles. The van der Waals surface area contributed by atoms with Gasteiger partial charge in [-0.25, -0.2) is 0 Å². The van der Waals surface area contributed by atoms with Gasteiger partial charge < -0.3 is 0 Å². The van der Waals surface area contributed by atoms with Gasteiger partial charge in [-0.1, -0.05) is 0 Å². The first-order valence-electron chi connectivity index (χ1n) is 3.35. The number of thiazole rings is 1. The number of fused-ring (bicyclic) bond motifs is 1. The van der Waals surface area contributed by atoms with E-state index in [1.807, 2.05) is 0 Å². The maximum atomic E-state index is 12.3. The van der Waals surface area contributed by atoms with E-state index >= 15 is 0 Å². The van der Waals surface area contributed by atoms with Crippen LogP contribution >= 0.6 is 11.3 Å². The molecule has 0 radical (unpaired) electrons. The molecule has 1 aromatic heterocycles. The average molecular weight is 270 g/mol. The molecular formula is C7H4F3NSSe. The molecule has 0 saturated carbocycles. The molecule has 13 heavy (non-hydrogen) atoms. The fraction of sp³-hybridized carbons (Fsp3) is 0. The molecule has 0 atom stereocenters. The van der Waals surface area contributed by atoms with Crippen molar-refractivity contribution in [1.29, 1.82) is 0 Å². The van der Waals surface area contributed by atoms with Crippen molar-refractivity contribution in [3.05, 3.63) is 24.3 Å². The van der Waals surface area contributed by atoms with Crippen molar-refractivity contribution < 1.29 is 10.7 Å². The SMILES string of the molecule is F[Se](F)(F)c1nc2ccccc2s1. The van der Waals surface area contributed by atoms with Crippen molar-refractivity contribution in [3.63, 3.8) is 0 Å². The van der Waals surface area contributed by atoms with Crippen LogP contribution in [0.3, 0.4) is 0 Å². The van der Waals surface area contributed by atoms with E-state index in [1.54, 1.807) is 24.3 Å². The van der Waals surface area contributed by atoms with Crippen molar-refractivity contribution in [1.82, 2.24) is 4.98 Å². The molecule has 70 valence electrons. The summed E-state index contributed by atoms with van der Waals surface area (Å²) in [7, 11) is 0. The van der Waals surface area contributed by atoms with Crippen LogP contribution in [0, 0.1) is 0 Å². The van der Waals surface area contributed by atoms with Gasteiger partial charge in [-0.15, -0.1) is 0 Å². The molecule has 0 spiro atoms. The second kappa shape index (κ2) is 2.97. The average Bonchev–Trinajstić information content (AvgIpc) is 2.45. The monoisotopic (exact) mass is 271 g/mol. The zero-order valence-corrected chi connectivity index (χ0v) is 8.74. The Balaban J connectivity index is 2.63. The molecule has 0 unspecified atom stereocenters. The molecule has 0 amide bonds. The Morgan fingerprint density at radius 3 is 2.46 bits per heavy atom. The maximum absolute atomic E-state index is 12.3. The first kappa shape index (κ1) is 8.99. The molecule has 0 fully saturated rings. The van der Waals surface area contributed by atoms with E-state index in [2.05, 4.69) is 4.98 Å². The van der Waals surface area contributed by atoms with E-state index in [4.69, 9.17) is 0 Å². The van der Waals surface area contributed by atoms with E-state index < -0.39 is 18.1 Å². The zero-order valence-electron chi connectivity index (χ0n) is 6.21. The third-order valence-corrected chi connectivity index (χ3v) is 4.83. The number of hydrogen-bond donors (Lipinski definition) is 0. The van der Waals surface area contributed by atoms with Crippen molar-refractivity contribution in [2.75, 3.05) is 0 Å². The van der Waals surface area contributed by atoms with Crippen LogP contribution in [0.25, 0.3) is 10.2 Å². The fourth-order valence-electron chi connectivity index (χ4n) is 0.950. The quantitative estimate of drug-likeness (QED) is 0.725. The molecule has 0 aliphatic rings. The predicted molar refractivity (Wildman–Crippen MR) is 48.3 cm³/mol. The Morgan fingerprint density at radius 1 is 1.15 bits per heavy atom. The third kappa shape index (κ3) is 1.70. The third-order valence-electron chi connectivity index (χ3n) is 1.47. The Morgan fingerprint density at radius 2 is 1.85 bits per heavy atom. The number of nitrogens with zero attached hydrogens (tertiary/aromatic N) is 1. The van der Waals surface area contributed by atoms with Gasteiger partial charge in [0.25, 0.3) is 0 Å². The van der Waals surface area contributed by atoms with Gasteiger partial charge in [0.15, 0.2) is 0 Å². The summed E-state index contributed by atoms with van der Waals surface area (Å²) >= 11 is -5.14. The first-order chi connectivity index (χ1) is 6.07. The van der Waals surface area contributed by atoms with E-state index in [1.165, 1.54) is 0 Å². The summed E-state index contributed by atoms with van der Waals surface area (Å²) in [5.74, 6) is 0. The van der Waals surface area contributed by atoms with Gasteiger partial charge in [0.1, 0.15) is 0 Å². The second-order valence-corrected chi connectivity index (χ2v) is 6.48. The van der Waals surface area contributed by atoms with Crippen molar-refractivity contribution in [2.24, 2.45) is 0 Å². The molecule has 0 bridgehead atoms. The van der Waals surface area contributed by atoms with E-state index in [-0.39, 0.29) is 0 Å². The van der Waals surface area contributed by atoms with Gasteiger partial charge in [0, 0.05) is 0 Å². The molecule has 1 aromatic carbocycles. The standard InChI is InChI=1S/C7H4F3NSSe/c8-13(9,10)7-11-5-3-1-2-4-6(5)12-7/h1-4H. The molecule has 0 saturated heterocycles. The molecule has 6 heteroatoms. The molecule has 1 nitrogen and oxygen atoms in total. The van der Waals surface area contributed by atoms with Crippen LogP contribution in [0.5, 0.6) is 0 Å². The number of para-hydroxylation sites is 1. The summed E-state index contributed by atoms with van der Waals surface area (Å²) in [5.41, 5.74) is 0.442. The Kier molecular flexibility index (Phi) is 2.06. The summed E-state index contributed by atoms with van der Waals surface area (Å²) < 4.78 is 37.0. The number of halogens is 3. The molecule has 2 aromatic rings. The van der Waals surface area contributed by atoms with E-state index in [9.17, 15) is 10.7 Å². The van der Waals surface area contributed by atoms with Gasteiger partial charge in [-0.2, -0.15) is 0 Å². The van der Waals surface area contributed by atoms with Gasteiger partial charge in [-0.3, -0.25) is 0 Å². The van der Waals surface area contributed by atoms with Crippen molar-refractivity contribution in [2.45, 2.75) is 0 Å². The summed E-state index contributed by atoms with van der Waals surface area (Å²) in [6.45, 7) is 0. The first-order valence-corrected chi connectivity index (χ1v) is 6.97. The van der Waals surface area contributed by atoms with Gasteiger partial charge in [-0.05, 0) is 0 Å². The topological polar surface area (TPSA) is 12.9 Å². The van der Waals surface area contributed by atoms with Crippen LogP contribution in [-0.4, -0.2) is 19.2 Å². The number of rotatable bonds is 1. The van der Waals surface area contributed by atoms with E-state index in [0.29, 0.717) is 10.2 Å². The summed E-state index contributed by atoms with van der Waals surface area (Å²) in [5, 5.41) is 0. The Hall–Kier alpha value is -0.581. The van der Waals surface area contributed by atoms with Gasteiger partial charge >= 0.3 is 79.6 Å². The Labute approximate surface area is 79.8 Å². The van der Waals surface area contributed by atoms with Crippen LogP contribution in [0.1, 0.15) is 0 Å². The molecular weight excluding hydrogens is 266 g/mol. The van der Waals surface area contributed by atoms with Crippen LogP contribution in [0.15, 0.2) is 24.3 Å². The molecule has 0 aliphatic carbocycles. The predicted octanol–water partition coefficient (Wildman–Crippen LogP) is 2.35. The minimum absolute atomic E-state index is 0.442. The van der Waals surface area contributed by atoms with Gasteiger partial charge in [0.05, 0.1) is 0 Å². The molecule has 0 aliphatic heterocycles. The van der Waals surface area contributed by atoms with Crippen LogP contribution in [0.4, 0.5) is 10.7 Å². The number of benzene rings is 1. The Bertz CT molecular complexity index is 403. The van der Waals surface area contributed by atoms with Crippen molar-refractivity contribution in [3.8, 4) is 0 Å². The van der Waals surface area contributed by atoms with Crippen molar-refractivity contribution >= 4 is 39.7 Å². The normalized spacial score (nSPS) is 13.5. The zero-order chi connectivity index (χ0) is 9.47. The molecule has 2 rings (SSSR count). The summed E-state index contributed by atoms with van der Waals surface area (Å²) in [6.07, 6.45) is 0. The minimum atomic E-state index is -5.88. The summed E-state index contributed by atoms with van der Waals surface area (Å²) in [6, 6.07) is 6.65. The second-order valence-electron chi connectivity index (χ2n) is 2.35. The van der Waals surface area contributed by atoms with E-state index in [0.717, 1.165) is 11.3 Å². The summed E-state index contributed by atoms with van der Waals surface area (Å²) in [4.78, 5) is 3.55. The van der Waals surface area contributed by atoms with Gasteiger partial charge in [0.2, 0.25) is 0 Å².